The van der Waals surface area contributed by atoms with Crippen molar-refractivity contribution in [3.8, 4) is 22.5 Å². The van der Waals surface area contributed by atoms with Gasteiger partial charge in [-0.2, -0.15) is 0 Å². The van der Waals surface area contributed by atoms with Crippen LogP contribution in [0.4, 0.5) is 8.78 Å². The van der Waals surface area contributed by atoms with E-state index in [2.05, 4.69) is 14.5 Å². The molecular formula is C19H19F2N3. The van der Waals surface area contributed by atoms with E-state index in [-0.39, 0.29) is 0 Å². The Kier molecular flexibility index (Phi) is 3.92. The zero-order valence-corrected chi connectivity index (χ0v) is 13.3. The molecule has 2 aromatic heterocycles. The van der Waals surface area contributed by atoms with Crippen molar-refractivity contribution in [1.82, 2.24) is 14.5 Å². The van der Waals surface area contributed by atoms with Gasteiger partial charge in [0.25, 0.3) is 0 Å². The number of nitrogens with zero attached hydrogens (tertiary/aromatic N) is 2. The summed E-state index contributed by atoms with van der Waals surface area (Å²) in [6.07, 6.45) is 11.4. The SMILES string of the molecule is Fc1ccc(-c2ncn(C3CCCCC3)c2-c2cc[nH]c2)c(F)c1. The molecule has 0 unspecified atom stereocenters. The van der Waals surface area contributed by atoms with Crippen molar-refractivity contribution in [3.05, 3.63) is 54.6 Å². The highest BCUT2D eigenvalue weighted by atomic mass is 19.1. The quantitative estimate of drug-likeness (QED) is 0.693. The Balaban J connectivity index is 1.86. The molecule has 4 rings (SSSR count). The van der Waals surface area contributed by atoms with Crippen LogP contribution in [0.2, 0.25) is 0 Å². The van der Waals surface area contributed by atoms with Gasteiger partial charge in [-0.3, -0.25) is 0 Å². The van der Waals surface area contributed by atoms with E-state index < -0.39 is 11.6 Å². The number of halogens is 2. The molecule has 1 saturated carbocycles. The monoisotopic (exact) mass is 327 g/mol. The second-order valence-electron chi connectivity index (χ2n) is 6.36. The predicted molar refractivity (Wildman–Crippen MR) is 89.5 cm³/mol. The highest BCUT2D eigenvalue weighted by Crippen LogP contribution is 2.38. The summed E-state index contributed by atoms with van der Waals surface area (Å²) in [5.74, 6) is -1.16. The smallest absolute Gasteiger partial charge is 0.135 e. The van der Waals surface area contributed by atoms with Gasteiger partial charge in [0, 0.05) is 35.6 Å². The lowest BCUT2D eigenvalue weighted by atomic mass is 9.94. The fourth-order valence-corrected chi connectivity index (χ4v) is 3.63. The Morgan fingerprint density at radius 1 is 1.08 bits per heavy atom. The van der Waals surface area contributed by atoms with Crippen LogP contribution in [0, 0.1) is 11.6 Å². The molecule has 2 heterocycles. The highest BCUT2D eigenvalue weighted by Gasteiger charge is 2.23. The van der Waals surface area contributed by atoms with E-state index in [1.807, 2.05) is 18.5 Å². The first kappa shape index (κ1) is 15.1. The second-order valence-corrected chi connectivity index (χ2v) is 6.36. The molecule has 24 heavy (non-hydrogen) atoms. The molecule has 0 spiro atoms. The molecule has 0 amide bonds. The Labute approximate surface area is 139 Å². The van der Waals surface area contributed by atoms with Crippen LogP contribution in [0.25, 0.3) is 22.5 Å². The molecule has 1 fully saturated rings. The first-order valence-electron chi connectivity index (χ1n) is 8.39. The lowest BCUT2D eigenvalue weighted by Gasteiger charge is -2.25. The van der Waals surface area contributed by atoms with E-state index in [0.29, 0.717) is 17.3 Å². The van der Waals surface area contributed by atoms with Crippen LogP contribution in [0.1, 0.15) is 38.1 Å². The normalized spacial score (nSPS) is 15.8. The predicted octanol–water partition coefficient (Wildman–Crippen LogP) is 5.33. The first-order valence-corrected chi connectivity index (χ1v) is 8.39. The third-order valence-corrected chi connectivity index (χ3v) is 4.82. The van der Waals surface area contributed by atoms with Crippen LogP contribution >= 0.6 is 0 Å². The maximum atomic E-state index is 14.3. The standard InChI is InChI=1S/C19H19F2N3/c20-14-6-7-16(17(21)10-14)18-19(13-8-9-22-11-13)24(12-23-18)15-4-2-1-3-5-15/h6-12,15,22H,1-5H2. The van der Waals surface area contributed by atoms with Crippen molar-refractivity contribution in [2.75, 3.05) is 0 Å². The van der Waals surface area contributed by atoms with Crippen molar-refractivity contribution in [3.63, 3.8) is 0 Å². The zero-order chi connectivity index (χ0) is 16.5. The topological polar surface area (TPSA) is 33.6 Å². The minimum atomic E-state index is -0.583. The molecule has 0 saturated heterocycles. The molecule has 1 aromatic carbocycles. The van der Waals surface area contributed by atoms with Crippen LogP contribution in [-0.4, -0.2) is 14.5 Å². The minimum Gasteiger partial charge on any atom is -0.367 e. The van der Waals surface area contributed by atoms with E-state index in [4.69, 9.17) is 0 Å². The van der Waals surface area contributed by atoms with Crippen LogP contribution < -0.4 is 0 Å². The zero-order valence-electron chi connectivity index (χ0n) is 13.3. The van der Waals surface area contributed by atoms with Crippen LogP contribution in [0.5, 0.6) is 0 Å². The van der Waals surface area contributed by atoms with Crippen LogP contribution in [-0.2, 0) is 0 Å². The van der Waals surface area contributed by atoms with Gasteiger partial charge in [-0.1, -0.05) is 19.3 Å². The molecule has 0 radical (unpaired) electrons. The fourth-order valence-electron chi connectivity index (χ4n) is 3.63. The average Bonchev–Trinajstić information content (AvgIpc) is 3.25. The molecule has 124 valence electrons. The van der Waals surface area contributed by atoms with E-state index in [1.54, 1.807) is 6.33 Å². The van der Waals surface area contributed by atoms with E-state index in [1.165, 1.54) is 31.4 Å². The van der Waals surface area contributed by atoms with E-state index >= 15 is 0 Å². The summed E-state index contributed by atoms with van der Waals surface area (Å²) in [5, 5.41) is 0. The van der Waals surface area contributed by atoms with Crippen LogP contribution in [0.15, 0.2) is 43.0 Å². The van der Waals surface area contributed by atoms with Crippen LogP contribution in [0.3, 0.4) is 0 Å². The number of hydrogen-bond acceptors (Lipinski definition) is 1. The summed E-state index contributed by atoms with van der Waals surface area (Å²) in [5.41, 5.74) is 2.77. The van der Waals surface area contributed by atoms with Gasteiger partial charge < -0.3 is 9.55 Å². The summed E-state index contributed by atoms with van der Waals surface area (Å²) in [7, 11) is 0. The third kappa shape index (κ3) is 2.64. The Morgan fingerprint density at radius 3 is 2.62 bits per heavy atom. The van der Waals surface area contributed by atoms with Gasteiger partial charge in [0.15, 0.2) is 0 Å². The number of H-pyrrole nitrogens is 1. The Bertz CT molecular complexity index is 830. The summed E-state index contributed by atoms with van der Waals surface area (Å²) in [6, 6.07) is 6.00. The Hall–Kier alpha value is -2.43. The molecule has 1 aliphatic rings. The van der Waals surface area contributed by atoms with Gasteiger partial charge in [-0.25, -0.2) is 13.8 Å². The lowest BCUT2D eigenvalue weighted by molar-refractivity contribution is 0.355. The van der Waals surface area contributed by atoms with Crippen molar-refractivity contribution >= 4 is 0 Å². The van der Waals surface area contributed by atoms with Crippen molar-refractivity contribution in [1.29, 1.82) is 0 Å². The molecule has 0 atom stereocenters. The number of hydrogen-bond donors (Lipinski definition) is 1. The molecule has 0 aliphatic heterocycles. The first-order chi connectivity index (χ1) is 11.7. The molecule has 3 nitrogen and oxygen atoms in total. The second kappa shape index (κ2) is 6.23. The number of benzene rings is 1. The fraction of sp³-hybridized carbons (Fsp3) is 0.316. The van der Waals surface area contributed by atoms with Gasteiger partial charge in [0.1, 0.15) is 11.6 Å². The van der Waals surface area contributed by atoms with E-state index in [0.717, 1.165) is 30.2 Å². The molecular weight excluding hydrogens is 308 g/mol. The maximum Gasteiger partial charge on any atom is 0.135 e. The summed E-state index contributed by atoms with van der Waals surface area (Å²) in [4.78, 5) is 7.55. The van der Waals surface area contributed by atoms with Crippen molar-refractivity contribution in [2.45, 2.75) is 38.1 Å². The number of aromatic amines is 1. The molecule has 5 heteroatoms. The van der Waals surface area contributed by atoms with Gasteiger partial charge in [0.05, 0.1) is 17.7 Å². The largest absolute Gasteiger partial charge is 0.367 e. The summed E-state index contributed by atoms with van der Waals surface area (Å²) >= 11 is 0. The molecule has 1 N–H and O–H groups in total. The number of imidazole rings is 1. The molecule has 3 aromatic rings. The van der Waals surface area contributed by atoms with Crippen molar-refractivity contribution in [2.24, 2.45) is 0 Å². The summed E-state index contributed by atoms with van der Waals surface area (Å²) in [6.45, 7) is 0. The van der Waals surface area contributed by atoms with Gasteiger partial charge in [-0.15, -0.1) is 0 Å². The minimum absolute atomic E-state index is 0.335. The molecule has 0 bridgehead atoms. The Morgan fingerprint density at radius 2 is 1.92 bits per heavy atom. The van der Waals surface area contributed by atoms with Gasteiger partial charge in [-0.05, 0) is 31.0 Å². The lowest BCUT2D eigenvalue weighted by Crippen LogP contribution is -2.13. The highest BCUT2D eigenvalue weighted by molar-refractivity contribution is 5.78. The van der Waals surface area contributed by atoms with E-state index in [9.17, 15) is 8.78 Å². The van der Waals surface area contributed by atoms with Gasteiger partial charge in [0.2, 0.25) is 0 Å². The molecule has 1 aliphatic carbocycles. The third-order valence-electron chi connectivity index (χ3n) is 4.82. The van der Waals surface area contributed by atoms with Gasteiger partial charge >= 0.3 is 0 Å². The number of rotatable bonds is 3. The maximum absolute atomic E-state index is 14.3. The number of nitrogens with one attached hydrogen (secondary N) is 1. The number of aromatic nitrogens is 3. The average molecular weight is 327 g/mol. The van der Waals surface area contributed by atoms with Crippen molar-refractivity contribution < 1.29 is 8.78 Å². The summed E-state index contributed by atoms with van der Waals surface area (Å²) < 4.78 is 29.7.